The van der Waals surface area contributed by atoms with Crippen LogP contribution in [-0.4, -0.2) is 17.5 Å². The Morgan fingerprint density at radius 2 is 1.74 bits per heavy atom. The summed E-state index contributed by atoms with van der Waals surface area (Å²) in [6.07, 6.45) is 0.827. The number of non-ortho nitro benzene ring substituents is 1. The van der Waals surface area contributed by atoms with Gasteiger partial charge in [0.1, 0.15) is 12.4 Å². The summed E-state index contributed by atoms with van der Waals surface area (Å²) in [5.41, 5.74) is 0.725. The molecule has 2 aromatic rings. The zero-order valence-electron chi connectivity index (χ0n) is 12.5. The second-order valence-electron chi connectivity index (χ2n) is 4.85. The number of ether oxygens (including phenoxy) is 2. The van der Waals surface area contributed by atoms with Crippen molar-refractivity contribution in [3.8, 4) is 5.75 Å². The molecule has 0 saturated carbocycles. The molecule has 2 aromatic carbocycles. The van der Waals surface area contributed by atoms with E-state index in [2.05, 4.69) is 0 Å². The third-order valence-electron chi connectivity index (χ3n) is 3.08. The van der Waals surface area contributed by atoms with Crippen LogP contribution in [0.1, 0.15) is 18.4 Å². The number of para-hydroxylation sites is 1. The molecule has 0 saturated heterocycles. The third-order valence-corrected chi connectivity index (χ3v) is 3.08. The molecule has 0 unspecified atom stereocenters. The number of esters is 1. The molecule has 0 bridgehead atoms. The average Bonchev–Trinajstić information content (AvgIpc) is 2.58. The van der Waals surface area contributed by atoms with E-state index in [0.717, 1.165) is 5.75 Å². The van der Waals surface area contributed by atoms with Crippen LogP contribution in [0.2, 0.25) is 0 Å². The van der Waals surface area contributed by atoms with Gasteiger partial charge in [-0.3, -0.25) is 14.9 Å². The van der Waals surface area contributed by atoms with E-state index in [-0.39, 0.29) is 24.7 Å². The van der Waals surface area contributed by atoms with Gasteiger partial charge in [0.05, 0.1) is 11.5 Å². The average molecular weight is 315 g/mol. The van der Waals surface area contributed by atoms with Gasteiger partial charge in [0.2, 0.25) is 0 Å². The van der Waals surface area contributed by atoms with E-state index >= 15 is 0 Å². The lowest BCUT2D eigenvalue weighted by Crippen LogP contribution is -2.07. The van der Waals surface area contributed by atoms with Crippen LogP contribution < -0.4 is 4.74 Å². The lowest BCUT2D eigenvalue weighted by atomic mass is 10.2. The van der Waals surface area contributed by atoms with Crippen molar-refractivity contribution < 1.29 is 19.2 Å². The number of carbonyl (C=O) groups excluding carboxylic acids is 1. The lowest BCUT2D eigenvalue weighted by Gasteiger charge is -2.06. The molecule has 6 nitrogen and oxygen atoms in total. The van der Waals surface area contributed by atoms with Crippen LogP contribution in [0.25, 0.3) is 0 Å². The molecule has 0 N–H and O–H groups in total. The minimum absolute atomic E-state index is 0.0122. The standard InChI is InChI=1S/C17H17NO5/c19-17(7-4-12-22-16-5-2-1-3-6-16)23-13-14-8-10-15(11-9-14)18(20)21/h1-3,5-6,8-11H,4,7,12-13H2. The van der Waals surface area contributed by atoms with Gasteiger partial charge in [-0.2, -0.15) is 0 Å². The van der Waals surface area contributed by atoms with E-state index in [0.29, 0.717) is 18.6 Å². The SMILES string of the molecule is O=C(CCCOc1ccccc1)OCc1ccc([N+](=O)[O-])cc1. The molecule has 0 atom stereocenters. The normalized spacial score (nSPS) is 10.1. The Hall–Kier alpha value is -2.89. The molecule has 0 heterocycles. The fourth-order valence-corrected chi connectivity index (χ4v) is 1.87. The first-order chi connectivity index (χ1) is 11.1. The first-order valence-electron chi connectivity index (χ1n) is 7.22. The highest BCUT2D eigenvalue weighted by Crippen LogP contribution is 2.13. The van der Waals surface area contributed by atoms with Gasteiger partial charge in [0.15, 0.2) is 0 Å². The number of hydrogen-bond donors (Lipinski definition) is 0. The predicted molar refractivity (Wildman–Crippen MR) is 84.1 cm³/mol. The van der Waals surface area contributed by atoms with Gasteiger partial charge in [-0.15, -0.1) is 0 Å². The summed E-state index contributed by atoms with van der Waals surface area (Å²) in [6, 6.07) is 15.3. The minimum Gasteiger partial charge on any atom is -0.494 e. The van der Waals surface area contributed by atoms with Crippen molar-refractivity contribution in [1.82, 2.24) is 0 Å². The van der Waals surface area contributed by atoms with Crippen LogP contribution in [0.3, 0.4) is 0 Å². The summed E-state index contributed by atoms with van der Waals surface area (Å²) < 4.78 is 10.6. The van der Waals surface area contributed by atoms with Crippen molar-refractivity contribution in [1.29, 1.82) is 0 Å². The highest BCUT2D eigenvalue weighted by molar-refractivity contribution is 5.69. The Labute approximate surface area is 133 Å². The van der Waals surface area contributed by atoms with E-state index in [1.54, 1.807) is 12.1 Å². The van der Waals surface area contributed by atoms with Gasteiger partial charge >= 0.3 is 5.97 Å². The van der Waals surface area contributed by atoms with E-state index < -0.39 is 4.92 Å². The van der Waals surface area contributed by atoms with Crippen LogP contribution in [0.5, 0.6) is 5.75 Å². The van der Waals surface area contributed by atoms with Gasteiger partial charge < -0.3 is 9.47 Å². The number of nitro groups is 1. The molecule has 2 rings (SSSR count). The highest BCUT2D eigenvalue weighted by atomic mass is 16.6. The van der Waals surface area contributed by atoms with Gasteiger partial charge in [-0.25, -0.2) is 0 Å². The maximum Gasteiger partial charge on any atom is 0.306 e. The van der Waals surface area contributed by atoms with Crippen molar-refractivity contribution in [2.24, 2.45) is 0 Å². The molecule has 23 heavy (non-hydrogen) atoms. The van der Waals surface area contributed by atoms with Crippen LogP contribution in [0.4, 0.5) is 5.69 Å². The summed E-state index contributed by atoms with van der Waals surface area (Å²) in [5, 5.41) is 10.5. The second-order valence-corrected chi connectivity index (χ2v) is 4.85. The molecule has 120 valence electrons. The summed E-state index contributed by atoms with van der Waals surface area (Å²) in [6.45, 7) is 0.549. The van der Waals surface area contributed by atoms with Gasteiger partial charge in [0.25, 0.3) is 5.69 Å². The molecule has 0 aromatic heterocycles. The number of carbonyl (C=O) groups is 1. The van der Waals surface area contributed by atoms with Crippen molar-refractivity contribution >= 4 is 11.7 Å². The Kier molecular flexibility index (Phi) is 6.11. The molecular formula is C17H17NO5. The summed E-state index contributed by atoms with van der Waals surface area (Å²) in [7, 11) is 0. The van der Waals surface area contributed by atoms with E-state index in [9.17, 15) is 14.9 Å². The predicted octanol–water partition coefficient (Wildman–Crippen LogP) is 3.50. The van der Waals surface area contributed by atoms with Crippen molar-refractivity contribution in [3.05, 3.63) is 70.3 Å². The minimum atomic E-state index is -0.470. The molecule has 0 aliphatic carbocycles. The van der Waals surface area contributed by atoms with Gasteiger partial charge in [-0.05, 0) is 36.2 Å². The molecular weight excluding hydrogens is 298 g/mol. The number of nitrogens with zero attached hydrogens (tertiary/aromatic N) is 1. The fraction of sp³-hybridized carbons (Fsp3) is 0.235. The maximum atomic E-state index is 11.6. The number of hydrogen-bond acceptors (Lipinski definition) is 5. The number of nitro benzene ring substituents is 1. The fourth-order valence-electron chi connectivity index (χ4n) is 1.87. The molecule has 0 aliphatic rings. The van der Waals surface area contributed by atoms with E-state index in [4.69, 9.17) is 9.47 Å². The molecule has 6 heteroatoms. The van der Waals surface area contributed by atoms with Crippen molar-refractivity contribution in [3.63, 3.8) is 0 Å². The topological polar surface area (TPSA) is 78.7 Å². The van der Waals surface area contributed by atoms with E-state index in [1.807, 2.05) is 30.3 Å². The maximum absolute atomic E-state index is 11.6. The van der Waals surface area contributed by atoms with Crippen LogP contribution in [0, 0.1) is 10.1 Å². The Balaban J connectivity index is 1.64. The van der Waals surface area contributed by atoms with Crippen LogP contribution in [-0.2, 0) is 16.1 Å². The largest absolute Gasteiger partial charge is 0.494 e. The summed E-state index contributed by atoms with van der Waals surface area (Å²) in [5.74, 6) is 0.451. The Morgan fingerprint density at radius 3 is 2.39 bits per heavy atom. The smallest absolute Gasteiger partial charge is 0.306 e. The molecule has 0 spiro atoms. The van der Waals surface area contributed by atoms with Gasteiger partial charge in [-0.1, -0.05) is 18.2 Å². The third kappa shape index (κ3) is 5.78. The lowest BCUT2D eigenvalue weighted by molar-refractivity contribution is -0.384. The zero-order chi connectivity index (χ0) is 16.5. The highest BCUT2D eigenvalue weighted by Gasteiger charge is 2.06. The number of rotatable bonds is 8. The van der Waals surface area contributed by atoms with Crippen molar-refractivity contribution in [2.75, 3.05) is 6.61 Å². The van der Waals surface area contributed by atoms with Gasteiger partial charge in [0, 0.05) is 18.6 Å². The zero-order valence-corrected chi connectivity index (χ0v) is 12.5. The quantitative estimate of drug-likeness (QED) is 0.322. The Bertz CT molecular complexity index is 640. The van der Waals surface area contributed by atoms with Crippen LogP contribution >= 0.6 is 0 Å². The second kappa shape index (κ2) is 8.53. The molecule has 0 amide bonds. The molecule has 0 radical (unpaired) electrons. The van der Waals surface area contributed by atoms with Crippen LogP contribution in [0.15, 0.2) is 54.6 Å². The van der Waals surface area contributed by atoms with E-state index in [1.165, 1.54) is 12.1 Å². The summed E-state index contributed by atoms with van der Waals surface area (Å²) in [4.78, 5) is 21.7. The monoisotopic (exact) mass is 315 g/mol. The number of benzene rings is 2. The molecule has 0 aliphatic heterocycles. The first kappa shape index (κ1) is 16.5. The first-order valence-corrected chi connectivity index (χ1v) is 7.22. The van der Waals surface area contributed by atoms with Crippen molar-refractivity contribution in [2.45, 2.75) is 19.4 Å². The summed E-state index contributed by atoms with van der Waals surface area (Å²) >= 11 is 0. The molecule has 0 fully saturated rings. The Morgan fingerprint density at radius 1 is 1.04 bits per heavy atom.